The summed E-state index contributed by atoms with van der Waals surface area (Å²) >= 11 is 0. The molecule has 12 rings (SSSR count). The van der Waals surface area contributed by atoms with Crippen LogP contribution in [-0.2, 0) is 0 Å². The van der Waals surface area contributed by atoms with Gasteiger partial charge in [0.15, 0.2) is 5.58 Å². The molecule has 0 amide bonds. The second kappa shape index (κ2) is 10.7. The number of nitrogens with zero attached hydrogens (tertiary/aromatic N) is 2. The molecule has 0 fully saturated rings. The van der Waals surface area contributed by atoms with Crippen LogP contribution < -0.4 is 0 Å². The van der Waals surface area contributed by atoms with Gasteiger partial charge in [-0.2, -0.15) is 0 Å². The maximum absolute atomic E-state index is 6.52. The zero-order chi connectivity index (χ0) is 34.6. The molecule has 0 unspecified atom stereocenters. The Balaban J connectivity index is 1.04. The average Bonchev–Trinajstić information content (AvgIpc) is 3.88. The Bertz CT molecular complexity index is 3470. The molecule has 0 atom stereocenters. The minimum Gasteiger partial charge on any atom is -0.454 e. The van der Waals surface area contributed by atoms with E-state index >= 15 is 0 Å². The lowest BCUT2D eigenvalue weighted by Crippen LogP contribution is -1.94. The molecular weight excluding hydrogens is 645 g/mol. The van der Waals surface area contributed by atoms with Gasteiger partial charge in [-0.15, -0.1) is 0 Å². The molecule has 0 saturated heterocycles. The number of rotatable bonds is 3. The molecule has 0 aliphatic carbocycles. The van der Waals surface area contributed by atoms with Crippen molar-refractivity contribution in [3.05, 3.63) is 182 Å². The van der Waals surface area contributed by atoms with Crippen molar-refractivity contribution in [1.82, 2.24) is 9.13 Å². The van der Waals surface area contributed by atoms with Crippen molar-refractivity contribution in [3.8, 4) is 22.5 Å². The Kier molecular flexibility index (Phi) is 5.77. The van der Waals surface area contributed by atoms with E-state index in [4.69, 9.17) is 4.42 Å². The predicted molar refractivity (Wildman–Crippen MR) is 223 cm³/mol. The first-order chi connectivity index (χ1) is 26.3. The molecule has 246 valence electrons. The van der Waals surface area contributed by atoms with Gasteiger partial charge in [0, 0.05) is 38.0 Å². The number of para-hydroxylation sites is 4. The first-order valence-corrected chi connectivity index (χ1v) is 18.2. The Morgan fingerprint density at radius 3 is 1.66 bits per heavy atom. The van der Waals surface area contributed by atoms with Crippen molar-refractivity contribution in [2.24, 2.45) is 0 Å². The molecule has 9 aromatic carbocycles. The van der Waals surface area contributed by atoms with E-state index in [1.165, 1.54) is 70.9 Å². The Hall–Kier alpha value is -7.10. The summed E-state index contributed by atoms with van der Waals surface area (Å²) in [6.45, 7) is 0. The third-order valence-corrected chi connectivity index (χ3v) is 11.3. The van der Waals surface area contributed by atoms with Gasteiger partial charge in [0.25, 0.3) is 0 Å². The van der Waals surface area contributed by atoms with E-state index in [1.54, 1.807) is 0 Å². The highest BCUT2D eigenvalue weighted by molar-refractivity contribution is 6.15. The van der Waals surface area contributed by atoms with Gasteiger partial charge in [-0.3, -0.25) is 0 Å². The van der Waals surface area contributed by atoms with Crippen molar-refractivity contribution in [2.75, 3.05) is 0 Å². The van der Waals surface area contributed by atoms with Crippen LogP contribution in [0.4, 0.5) is 0 Å². The average molecular weight is 675 g/mol. The smallest absolute Gasteiger partial charge is 0.159 e. The van der Waals surface area contributed by atoms with E-state index in [-0.39, 0.29) is 0 Å². The molecule has 3 nitrogen and oxygen atoms in total. The molecule has 0 bridgehead atoms. The fourth-order valence-electron chi connectivity index (χ4n) is 8.89. The van der Waals surface area contributed by atoms with Gasteiger partial charge in [0.05, 0.1) is 27.8 Å². The van der Waals surface area contributed by atoms with Crippen molar-refractivity contribution >= 4 is 87.1 Å². The minimum absolute atomic E-state index is 0.905. The topological polar surface area (TPSA) is 23.0 Å². The fraction of sp³-hybridized carbons (Fsp3) is 0. The van der Waals surface area contributed by atoms with E-state index in [0.29, 0.717) is 0 Å². The highest BCUT2D eigenvalue weighted by Gasteiger charge is 2.19. The first-order valence-electron chi connectivity index (χ1n) is 18.2. The van der Waals surface area contributed by atoms with Crippen LogP contribution >= 0.6 is 0 Å². The molecule has 0 saturated carbocycles. The van der Waals surface area contributed by atoms with Crippen LogP contribution in [0.1, 0.15) is 0 Å². The van der Waals surface area contributed by atoms with E-state index < -0.39 is 0 Å². The number of furan rings is 1. The quantitative estimate of drug-likeness (QED) is 0.171. The lowest BCUT2D eigenvalue weighted by molar-refractivity contribution is 0.666. The van der Waals surface area contributed by atoms with Crippen LogP contribution in [0.2, 0.25) is 0 Å². The number of aromatic nitrogens is 2. The van der Waals surface area contributed by atoms with Crippen molar-refractivity contribution < 1.29 is 4.42 Å². The van der Waals surface area contributed by atoms with Gasteiger partial charge in [0.2, 0.25) is 0 Å². The van der Waals surface area contributed by atoms with Crippen LogP contribution in [-0.4, -0.2) is 9.13 Å². The molecule has 0 aliphatic heterocycles. The zero-order valence-corrected chi connectivity index (χ0v) is 28.6. The second-order valence-electron chi connectivity index (χ2n) is 14.1. The maximum Gasteiger partial charge on any atom is 0.159 e. The molecular formula is C50H30N2O. The third-order valence-electron chi connectivity index (χ3n) is 11.3. The van der Waals surface area contributed by atoms with Crippen LogP contribution in [0.25, 0.3) is 110 Å². The highest BCUT2D eigenvalue weighted by atomic mass is 16.3. The Morgan fingerprint density at radius 1 is 0.321 bits per heavy atom. The first kappa shape index (κ1) is 28.6. The highest BCUT2D eigenvalue weighted by Crippen LogP contribution is 2.41. The largest absolute Gasteiger partial charge is 0.454 e. The second-order valence-corrected chi connectivity index (χ2v) is 14.1. The van der Waals surface area contributed by atoms with Crippen LogP contribution in [0.15, 0.2) is 186 Å². The number of hydrogen-bond donors (Lipinski definition) is 0. The van der Waals surface area contributed by atoms with Crippen molar-refractivity contribution in [2.45, 2.75) is 0 Å². The summed E-state index contributed by atoms with van der Waals surface area (Å²) in [5.74, 6) is 0. The van der Waals surface area contributed by atoms with Gasteiger partial charge >= 0.3 is 0 Å². The number of hydrogen-bond acceptors (Lipinski definition) is 1. The van der Waals surface area contributed by atoms with E-state index in [0.717, 1.165) is 38.7 Å². The maximum atomic E-state index is 6.52. The Morgan fingerprint density at radius 2 is 0.887 bits per heavy atom. The Labute approximate surface area is 304 Å². The standard InChI is InChI=1S/C50H30N2O/c1-2-11-36-31(10-1)20-21-34-28-35(24-25-37(34)36)51-44-16-6-3-12-38(44)42-29-32(22-26-46(42)51)33-23-27-47-43(30-33)39-13-4-7-17-45(39)52(47)48-18-9-15-41-40-14-5-8-19-49(40)53-50(41)48/h1-30H. The van der Waals surface area contributed by atoms with Gasteiger partial charge in [-0.1, -0.05) is 121 Å². The van der Waals surface area contributed by atoms with Gasteiger partial charge in [0.1, 0.15) is 5.58 Å². The normalized spacial score (nSPS) is 12.2. The molecule has 0 N–H and O–H groups in total. The summed E-state index contributed by atoms with van der Waals surface area (Å²) in [4.78, 5) is 0. The van der Waals surface area contributed by atoms with Crippen LogP contribution in [0.5, 0.6) is 0 Å². The van der Waals surface area contributed by atoms with Crippen LogP contribution in [0.3, 0.4) is 0 Å². The zero-order valence-electron chi connectivity index (χ0n) is 28.6. The lowest BCUT2D eigenvalue weighted by Gasteiger charge is -2.11. The SMILES string of the molecule is c1ccc2c(c1)ccc1cc(-n3c4ccccc4c4cc(-c5ccc6c(c5)c5ccccc5n6-c5cccc6c5oc5ccccc56)ccc43)ccc12. The van der Waals surface area contributed by atoms with Crippen molar-refractivity contribution in [3.63, 3.8) is 0 Å². The molecule has 53 heavy (non-hydrogen) atoms. The summed E-state index contributed by atoms with van der Waals surface area (Å²) in [7, 11) is 0. The van der Waals surface area contributed by atoms with E-state index in [1.807, 2.05) is 6.07 Å². The molecule has 0 spiro atoms. The molecule has 12 aromatic rings. The van der Waals surface area contributed by atoms with Gasteiger partial charge < -0.3 is 13.6 Å². The van der Waals surface area contributed by atoms with Gasteiger partial charge in [-0.05, 0) is 93.3 Å². The van der Waals surface area contributed by atoms with E-state index in [9.17, 15) is 0 Å². The molecule has 3 heteroatoms. The fourth-order valence-corrected chi connectivity index (χ4v) is 8.89. The lowest BCUT2D eigenvalue weighted by atomic mass is 10.0. The monoisotopic (exact) mass is 674 g/mol. The van der Waals surface area contributed by atoms with Crippen LogP contribution in [0, 0.1) is 0 Å². The third kappa shape index (κ3) is 4.05. The summed E-state index contributed by atoms with van der Waals surface area (Å²) in [6, 6.07) is 66.1. The van der Waals surface area contributed by atoms with Crippen molar-refractivity contribution in [1.29, 1.82) is 0 Å². The van der Waals surface area contributed by atoms with E-state index in [2.05, 4.69) is 185 Å². The molecule has 0 aliphatic rings. The number of fused-ring (bicyclic) bond motifs is 12. The van der Waals surface area contributed by atoms with Gasteiger partial charge in [-0.25, -0.2) is 0 Å². The molecule has 0 radical (unpaired) electrons. The summed E-state index contributed by atoms with van der Waals surface area (Å²) < 4.78 is 11.3. The summed E-state index contributed by atoms with van der Waals surface area (Å²) in [5, 5.41) is 12.3. The predicted octanol–water partition coefficient (Wildman–Crippen LogP) is 13.8. The number of benzene rings is 9. The molecule has 3 heterocycles. The minimum atomic E-state index is 0.905. The summed E-state index contributed by atoms with van der Waals surface area (Å²) in [6.07, 6.45) is 0. The molecule has 3 aromatic heterocycles. The summed E-state index contributed by atoms with van der Waals surface area (Å²) in [5.41, 5.74) is 11.1.